The minimum absolute atomic E-state index is 0.200. The number of para-hydroxylation sites is 4. The molecule has 126 heavy (non-hydrogen) atoms. The number of rotatable bonds is 30. The molecule has 0 unspecified atom stereocenters. The van der Waals surface area contributed by atoms with Gasteiger partial charge in [0.25, 0.3) is 0 Å². The van der Waals surface area contributed by atoms with E-state index in [1.807, 2.05) is 0 Å². The van der Waals surface area contributed by atoms with Gasteiger partial charge in [-0.3, -0.25) is 0 Å². The first-order valence-corrected chi connectivity index (χ1v) is 48.1. The Morgan fingerprint density at radius 2 is 0.563 bits per heavy atom. The van der Waals surface area contributed by atoms with E-state index in [-0.39, 0.29) is 10.8 Å². The van der Waals surface area contributed by atoms with Crippen molar-refractivity contribution in [3.63, 3.8) is 0 Å². The summed E-state index contributed by atoms with van der Waals surface area (Å²) in [6.07, 6.45) is 29.1. The smallest absolute Gasteiger partial charge is 0.144 e. The maximum absolute atomic E-state index is 7.81. The predicted molar refractivity (Wildman–Crippen MR) is 529 cm³/mol. The van der Waals surface area contributed by atoms with Crippen LogP contribution in [-0.2, 0) is 21.7 Å². The van der Waals surface area contributed by atoms with Crippen molar-refractivity contribution in [3.8, 4) is 66.8 Å². The van der Waals surface area contributed by atoms with Crippen molar-refractivity contribution in [2.24, 2.45) is 0 Å². The molecule has 0 N–H and O–H groups in total. The molecule has 0 amide bonds. The standard InChI is InChI=1S/C122H112N2O2/c1-5-9-13-17-41-73-119(74-42-18-14-10-6-2)98-56-34-31-53-92(98)113-114-95-55-33-40-62-109(95)126-118(114)115-93-70-68-85(77-104(93)120(117(115)116(113)119,75-43-19-15-11-7-3)76-44-20-16-12-8-4)124(84-65-63-83(64-66-84)123(81-45-23-21-24-46-81)82-47-25-22-26-48-82)86-67-69-91-96-79-107-97(80-106(96)122(105(91)78-86)101-59-37-29-51-89(101)90-52-30-38-60-102(90)122)111-103(71-72-110-112(111)94-54-32-39-61-108(94)125-110)121(107)99-57-35-27-49-87(99)88-50-28-36-58-100(88)121/h21-40,45-72,77-80H,5-20,41-44,73-76H2,1-4H3. The average Bonchev–Trinajstić information content (AvgIpc) is 1.49. The second-order valence-electron chi connectivity index (χ2n) is 37.6. The second kappa shape index (κ2) is 31.9. The van der Waals surface area contributed by atoms with E-state index in [1.165, 1.54) is 254 Å². The fraction of sp³-hybridized carbons (Fsp3) is 0.262. The monoisotopic (exact) mass is 1640 g/mol. The third-order valence-electron chi connectivity index (χ3n) is 30.8. The van der Waals surface area contributed by atoms with Crippen LogP contribution in [0.3, 0.4) is 0 Å². The zero-order chi connectivity index (χ0) is 84.2. The average molecular weight is 1640 g/mol. The first kappa shape index (κ1) is 78.2. The highest BCUT2D eigenvalue weighted by Crippen LogP contribution is 2.72. The van der Waals surface area contributed by atoms with Gasteiger partial charge in [-0.15, -0.1) is 0 Å². The number of benzene rings is 15. The van der Waals surface area contributed by atoms with Crippen molar-refractivity contribution in [1.82, 2.24) is 0 Å². The van der Waals surface area contributed by atoms with Gasteiger partial charge < -0.3 is 18.6 Å². The van der Waals surface area contributed by atoms with Crippen LogP contribution in [0.5, 0.6) is 0 Å². The number of fused-ring (bicyclic) bond motifs is 36. The van der Waals surface area contributed by atoms with E-state index in [2.05, 4.69) is 353 Å². The van der Waals surface area contributed by atoms with Crippen molar-refractivity contribution in [1.29, 1.82) is 0 Å². The summed E-state index contributed by atoms with van der Waals surface area (Å²) in [6.45, 7) is 9.52. The largest absolute Gasteiger partial charge is 0.456 e. The Kier molecular flexibility index (Phi) is 19.8. The normalized spacial score (nSPS) is 14.6. The molecular weight excluding hydrogens is 1530 g/mol. The lowest BCUT2D eigenvalue weighted by molar-refractivity contribution is 0.369. The molecule has 6 aliphatic rings. The fourth-order valence-electron chi connectivity index (χ4n) is 25.5. The highest BCUT2D eigenvalue weighted by molar-refractivity contribution is 6.22. The number of furan rings is 2. The van der Waals surface area contributed by atoms with Crippen molar-refractivity contribution in [2.45, 2.75) is 203 Å². The van der Waals surface area contributed by atoms with E-state index in [0.29, 0.717) is 0 Å². The Bertz CT molecular complexity index is 6910. The summed E-state index contributed by atoms with van der Waals surface area (Å²) in [5, 5.41) is 4.88. The van der Waals surface area contributed by atoms with Crippen LogP contribution in [0.25, 0.3) is 111 Å². The van der Waals surface area contributed by atoms with Gasteiger partial charge in [0.1, 0.15) is 22.3 Å². The molecule has 2 heterocycles. The molecule has 0 saturated carbocycles. The van der Waals surface area contributed by atoms with Gasteiger partial charge >= 0.3 is 0 Å². The Morgan fingerprint density at radius 1 is 0.214 bits per heavy atom. The maximum atomic E-state index is 7.81. The number of anilines is 6. The molecule has 17 aromatic rings. The first-order chi connectivity index (χ1) is 62.4. The lowest BCUT2D eigenvalue weighted by Gasteiger charge is -2.40. The van der Waals surface area contributed by atoms with Gasteiger partial charge in [0, 0.05) is 72.1 Å². The Balaban J connectivity index is 0.797. The highest BCUT2D eigenvalue weighted by atomic mass is 16.3. The van der Waals surface area contributed by atoms with E-state index < -0.39 is 10.8 Å². The summed E-state index contributed by atoms with van der Waals surface area (Å²) in [6, 6.07) is 123. The van der Waals surface area contributed by atoms with Gasteiger partial charge in [0.2, 0.25) is 0 Å². The van der Waals surface area contributed by atoms with Crippen molar-refractivity contribution in [2.75, 3.05) is 9.80 Å². The highest BCUT2D eigenvalue weighted by Gasteiger charge is 2.59. The van der Waals surface area contributed by atoms with Crippen LogP contribution in [0.1, 0.15) is 249 Å². The molecule has 2 aromatic heterocycles. The minimum Gasteiger partial charge on any atom is -0.456 e. The van der Waals surface area contributed by atoms with Crippen LogP contribution in [0.15, 0.2) is 324 Å². The molecule has 0 fully saturated rings. The van der Waals surface area contributed by atoms with Crippen molar-refractivity contribution in [3.05, 3.63) is 382 Å². The van der Waals surface area contributed by atoms with Gasteiger partial charge in [0.05, 0.1) is 10.8 Å². The van der Waals surface area contributed by atoms with Gasteiger partial charge in [-0.1, -0.05) is 368 Å². The Morgan fingerprint density at radius 3 is 1.08 bits per heavy atom. The second-order valence-corrected chi connectivity index (χ2v) is 37.6. The molecule has 15 aromatic carbocycles. The van der Waals surface area contributed by atoms with E-state index >= 15 is 0 Å². The lowest BCUT2D eigenvalue weighted by Crippen LogP contribution is -2.33. The molecule has 2 spiro atoms. The molecule has 0 radical (unpaired) electrons. The molecule has 4 heteroatoms. The zero-order valence-corrected chi connectivity index (χ0v) is 73.7. The predicted octanol–water partition coefficient (Wildman–Crippen LogP) is 35.1. The van der Waals surface area contributed by atoms with Gasteiger partial charge in [-0.25, -0.2) is 0 Å². The summed E-state index contributed by atoms with van der Waals surface area (Å²) in [4.78, 5) is 5.10. The molecular formula is C122H112N2O2. The lowest BCUT2D eigenvalue weighted by atomic mass is 9.62. The van der Waals surface area contributed by atoms with Crippen molar-refractivity contribution < 1.29 is 8.83 Å². The van der Waals surface area contributed by atoms with Gasteiger partial charge in [0.15, 0.2) is 0 Å². The van der Waals surface area contributed by atoms with Crippen LogP contribution in [0, 0.1) is 0 Å². The summed E-state index contributed by atoms with van der Waals surface area (Å²) in [5.74, 6) is 0. The third kappa shape index (κ3) is 11.7. The molecule has 622 valence electrons. The minimum atomic E-state index is -0.739. The number of nitrogens with zero attached hydrogens (tertiary/aromatic N) is 2. The summed E-state index contributed by atoms with van der Waals surface area (Å²) < 4.78 is 14.8. The SMILES string of the molecule is CCCCCCCC1(CCCCCCC)c2cc(N(c3ccc(N(c4ccccc4)c4ccccc4)cc3)c3ccc4c(c3)C3(c5ccccc5-c5ccccc53)c3cc5c(cc3-4)C3(c4ccccc4-c4ccccc43)c3ccc4oc6ccccc6c4c3-5)ccc2-c2c1c1c(c3c2oc2ccccc23)-c2ccccc2C1(CCCCCCC)CCCCCCC. The van der Waals surface area contributed by atoms with Crippen LogP contribution < -0.4 is 9.80 Å². The van der Waals surface area contributed by atoms with Crippen molar-refractivity contribution >= 4 is 78.0 Å². The van der Waals surface area contributed by atoms with Gasteiger partial charge in [-0.2, -0.15) is 0 Å². The van der Waals surface area contributed by atoms with E-state index in [1.54, 1.807) is 16.7 Å². The quantitative estimate of drug-likeness (QED) is 0.0420. The zero-order valence-electron chi connectivity index (χ0n) is 73.7. The molecule has 0 saturated heterocycles. The molecule has 23 rings (SSSR count). The molecule has 4 nitrogen and oxygen atoms in total. The van der Waals surface area contributed by atoms with Crippen LogP contribution in [0.2, 0.25) is 0 Å². The van der Waals surface area contributed by atoms with Gasteiger partial charge in [-0.05, 0) is 257 Å². The maximum Gasteiger partial charge on any atom is 0.144 e. The Labute approximate surface area is 744 Å². The van der Waals surface area contributed by atoms with E-state index in [9.17, 15) is 0 Å². The van der Waals surface area contributed by atoms with Crippen LogP contribution in [0.4, 0.5) is 34.1 Å². The number of hydrogen-bond donors (Lipinski definition) is 0. The summed E-state index contributed by atoms with van der Waals surface area (Å²) >= 11 is 0. The molecule has 0 aliphatic heterocycles. The third-order valence-corrected chi connectivity index (χ3v) is 30.8. The number of hydrogen-bond acceptors (Lipinski definition) is 4. The van der Waals surface area contributed by atoms with E-state index in [4.69, 9.17) is 8.83 Å². The van der Waals surface area contributed by atoms with Crippen LogP contribution >= 0.6 is 0 Å². The summed E-state index contributed by atoms with van der Waals surface area (Å²) in [7, 11) is 0. The fourth-order valence-corrected chi connectivity index (χ4v) is 25.5. The molecule has 6 aliphatic carbocycles. The molecule has 0 atom stereocenters. The molecule has 0 bridgehead atoms. The Hall–Kier alpha value is -12.5. The number of unbranched alkanes of at least 4 members (excludes halogenated alkanes) is 16. The first-order valence-electron chi connectivity index (χ1n) is 48.1. The summed E-state index contributed by atoms with van der Waals surface area (Å²) in [5.41, 5.74) is 41.4. The topological polar surface area (TPSA) is 32.8 Å². The van der Waals surface area contributed by atoms with E-state index in [0.717, 1.165) is 94.7 Å². The van der Waals surface area contributed by atoms with Crippen LogP contribution in [-0.4, -0.2) is 0 Å².